The molecule has 120 valence electrons. The summed E-state index contributed by atoms with van der Waals surface area (Å²) in [7, 11) is 0. The normalized spacial score (nSPS) is 10.2. The molecular formula is C13H11ClN4O4S. The zero-order valence-corrected chi connectivity index (χ0v) is 13.6. The molecule has 1 heterocycles. The third kappa shape index (κ3) is 4.02. The van der Waals surface area contributed by atoms with Crippen LogP contribution < -0.4 is 10.6 Å². The maximum absolute atomic E-state index is 11.9. The first-order chi connectivity index (χ1) is 10.8. The number of aryl methyl sites for hydroxylation is 2. The number of nitrogens with one attached hydrogen (secondary N) is 2. The Morgan fingerprint density at radius 2 is 1.91 bits per heavy atom. The number of nitro groups is 1. The van der Waals surface area contributed by atoms with Crippen molar-refractivity contribution in [1.29, 1.82) is 0 Å². The average Bonchev–Trinajstić information content (AvgIpc) is 2.79. The van der Waals surface area contributed by atoms with Crippen molar-refractivity contribution < 1.29 is 14.5 Å². The first-order valence-corrected chi connectivity index (χ1v) is 7.47. The summed E-state index contributed by atoms with van der Waals surface area (Å²) in [4.78, 5) is 38.8. The summed E-state index contributed by atoms with van der Waals surface area (Å²) in [5.74, 6) is -1.95. The molecule has 2 aromatic rings. The summed E-state index contributed by atoms with van der Waals surface area (Å²) in [5.41, 5.74) is 0.483. The van der Waals surface area contributed by atoms with E-state index < -0.39 is 16.7 Å². The maximum Gasteiger partial charge on any atom is 0.315 e. The van der Waals surface area contributed by atoms with Crippen LogP contribution in [0.15, 0.2) is 18.2 Å². The summed E-state index contributed by atoms with van der Waals surface area (Å²) in [6.45, 7) is 3.62. The molecule has 2 N–H and O–H groups in total. The number of aromatic nitrogens is 1. The van der Waals surface area contributed by atoms with Gasteiger partial charge in [-0.3, -0.25) is 25.0 Å². The van der Waals surface area contributed by atoms with Crippen molar-refractivity contribution in [2.75, 3.05) is 10.6 Å². The summed E-state index contributed by atoms with van der Waals surface area (Å²) in [6.07, 6.45) is 0. The molecule has 10 heteroatoms. The van der Waals surface area contributed by atoms with Crippen LogP contribution in [0.25, 0.3) is 0 Å². The molecule has 0 fully saturated rings. The van der Waals surface area contributed by atoms with Gasteiger partial charge in [0, 0.05) is 17.0 Å². The number of thiazole rings is 1. The fourth-order valence-electron chi connectivity index (χ4n) is 1.58. The van der Waals surface area contributed by atoms with Crippen molar-refractivity contribution in [3.63, 3.8) is 0 Å². The van der Waals surface area contributed by atoms with Crippen molar-refractivity contribution in [3.05, 3.63) is 43.9 Å². The predicted molar refractivity (Wildman–Crippen MR) is 87.0 cm³/mol. The van der Waals surface area contributed by atoms with E-state index in [1.54, 1.807) is 6.92 Å². The molecule has 0 aliphatic rings. The van der Waals surface area contributed by atoms with Crippen molar-refractivity contribution in [2.45, 2.75) is 13.8 Å². The molecule has 8 nitrogen and oxygen atoms in total. The quantitative estimate of drug-likeness (QED) is 0.499. The Morgan fingerprint density at radius 1 is 1.26 bits per heavy atom. The second kappa shape index (κ2) is 6.71. The van der Waals surface area contributed by atoms with Crippen LogP contribution in [-0.2, 0) is 9.59 Å². The van der Waals surface area contributed by atoms with Gasteiger partial charge in [-0.25, -0.2) is 4.98 Å². The molecule has 0 atom stereocenters. The van der Waals surface area contributed by atoms with E-state index in [9.17, 15) is 19.7 Å². The van der Waals surface area contributed by atoms with Crippen LogP contribution in [-0.4, -0.2) is 21.7 Å². The van der Waals surface area contributed by atoms with Gasteiger partial charge in [-0.1, -0.05) is 11.6 Å². The highest BCUT2D eigenvalue weighted by Crippen LogP contribution is 2.27. The number of nitro benzene ring substituents is 1. The number of rotatable bonds is 3. The topological polar surface area (TPSA) is 114 Å². The molecule has 0 unspecified atom stereocenters. The number of hydrogen-bond donors (Lipinski definition) is 2. The lowest BCUT2D eigenvalue weighted by molar-refractivity contribution is -0.384. The minimum absolute atomic E-state index is 0.0208. The molecule has 0 saturated heterocycles. The van der Waals surface area contributed by atoms with Crippen LogP contribution >= 0.6 is 22.9 Å². The molecule has 23 heavy (non-hydrogen) atoms. The Morgan fingerprint density at radius 3 is 2.48 bits per heavy atom. The number of benzene rings is 1. The van der Waals surface area contributed by atoms with Gasteiger partial charge in [0.15, 0.2) is 5.13 Å². The van der Waals surface area contributed by atoms with Crippen molar-refractivity contribution in [1.82, 2.24) is 4.98 Å². The lowest BCUT2D eigenvalue weighted by Gasteiger charge is -2.06. The summed E-state index contributed by atoms with van der Waals surface area (Å²) in [6, 6.07) is 3.53. The molecule has 0 bridgehead atoms. The molecule has 0 aliphatic heterocycles. The van der Waals surface area contributed by atoms with Crippen LogP contribution in [0.2, 0.25) is 5.02 Å². The number of carbonyl (C=O) groups excluding carboxylic acids is 2. The first kappa shape index (κ1) is 16.8. The highest BCUT2D eigenvalue weighted by molar-refractivity contribution is 7.15. The van der Waals surface area contributed by atoms with E-state index >= 15 is 0 Å². The molecule has 0 aliphatic carbocycles. The number of non-ortho nitro benzene ring substituents is 1. The zero-order chi connectivity index (χ0) is 17.1. The highest BCUT2D eigenvalue weighted by atomic mass is 35.5. The Hall–Kier alpha value is -2.52. The van der Waals surface area contributed by atoms with Gasteiger partial charge in [0.2, 0.25) is 0 Å². The minimum Gasteiger partial charge on any atom is -0.316 e. The van der Waals surface area contributed by atoms with Gasteiger partial charge in [-0.05, 0) is 19.9 Å². The van der Waals surface area contributed by atoms with E-state index in [0.29, 0.717) is 5.13 Å². The molecule has 0 radical (unpaired) electrons. The number of nitrogens with zero attached hydrogens (tertiary/aromatic N) is 2. The maximum atomic E-state index is 11.9. The monoisotopic (exact) mass is 354 g/mol. The van der Waals surface area contributed by atoms with E-state index in [4.69, 9.17) is 11.6 Å². The van der Waals surface area contributed by atoms with Crippen molar-refractivity contribution in [3.8, 4) is 0 Å². The third-order valence-electron chi connectivity index (χ3n) is 2.86. The Kier molecular flexibility index (Phi) is 4.92. The molecule has 0 saturated carbocycles. The molecular weight excluding hydrogens is 344 g/mol. The number of hydrogen-bond acceptors (Lipinski definition) is 6. The largest absolute Gasteiger partial charge is 0.316 e. The fraction of sp³-hybridized carbons (Fsp3) is 0.154. The number of halogens is 1. The first-order valence-electron chi connectivity index (χ1n) is 6.28. The molecule has 1 aromatic carbocycles. The summed E-state index contributed by atoms with van der Waals surface area (Å²) in [5, 5.41) is 15.7. The zero-order valence-electron chi connectivity index (χ0n) is 12.0. The van der Waals surface area contributed by atoms with Crippen LogP contribution in [0.4, 0.5) is 16.5 Å². The number of anilines is 2. The Bertz CT molecular complexity index is 786. The minimum atomic E-state index is -1.00. The van der Waals surface area contributed by atoms with Gasteiger partial charge >= 0.3 is 11.8 Å². The van der Waals surface area contributed by atoms with E-state index in [-0.39, 0.29) is 16.4 Å². The lowest BCUT2D eigenvalue weighted by atomic mass is 10.2. The molecule has 1 aromatic heterocycles. The van der Waals surface area contributed by atoms with E-state index in [1.807, 2.05) is 6.92 Å². The number of amides is 2. The van der Waals surface area contributed by atoms with Gasteiger partial charge in [0.25, 0.3) is 5.69 Å². The smallest absolute Gasteiger partial charge is 0.315 e. The van der Waals surface area contributed by atoms with E-state index in [2.05, 4.69) is 15.6 Å². The molecule has 2 rings (SSSR count). The van der Waals surface area contributed by atoms with Gasteiger partial charge < -0.3 is 5.32 Å². The fourth-order valence-corrected chi connectivity index (χ4v) is 2.56. The Labute approximate surface area is 139 Å². The van der Waals surface area contributed by atoms with Crippen LogP contribution in [0.3, 0.4) is 0 Å². The summed E-state index contributed by atoms with van der Waals surface area (Å²) >= 11 is 7.09. The third-order valence-corrected chi connectivity index (χ3v) is 4.18. The highest BCUT2D eigenvalue weighted by Gasteiger charge is 2.19. The summed E-state index contributed by atoms with van der Waals surface area (Å²) < 4.78 is 0. The van der Waals surface area contributed by atoms with Gasteiger partial charge in [-0.15, -0.1) is 11.3 Å². The standard InChI is InChI=1S/C13H11ClN4O4S/c1-6-7(2)23-13(15-6)17-12(20)11(19)16-10-5-8(18(21)22)3-4-9(10)14/h3-5H,1-2H3,(H,16,19)(H,15,17,20). The number of carbonyl (C=O) groups is 2. The average molecular weight is 355 g/mol. The van der Waals surface area contributed by atoms with Crippen LogP contribution in [0, 0.1) is 24.0 Å². The van der Waals surface area contributed by atoms with Crippen LogP contribution in [0.5, 0.6) is 0 Å². The molecule has 2 amide bonds. The van der Waals surface area contributed by atoms with Gasteiger partial charge in [-0.2, -0.15) is 0 Å². The van der Waals surface area contributed by atoms with Crippen LogP contribution in [0.1, 0.15) is 10.6 Å². The SMILES string of the molecule is Cc1nc(NC(=O)C(=O)Nc2cc([N+](=O)[O-])ccc2Cl)sc1C. The second-order valence-electron chi connectivity index (χ2n) is 4.49. The van der Waals surface area contributed by atoms with Gasteiger partial charge in [0.05, 0.1) is 21.3 Å². The van der Waals surface area contributed by atoms with E-state index in [1.165, 1.54) is 23.5 Å². The van der Waals surface area contributed by atoms with Gasteiger partial charge in [0.1, 0.15) is 0 Å². The van der Waals surface area contributed by atoms with Crippen molar-refractivity contribution in [2.24, 2.45) is 0 Å². The predicted octanol–water partition coefficient (Wildman–Crippen LogP) is 2.90. The van der Waals surface area contributed by atoms with Crippen molar-refractivity contribution >= 4 is 51.3 Å². The second-order valence-corrected chi connectivity index (χ2v) is 6.10. The Balaban J connectivity index is 2.10. The van der Waals surface area contributed by atoms with E-state index in [0.717, 1.165) is 16.6 Å². The lowest BCUT2D eigenvalue weighted by Crippen LogP contribution is -2.29. The molecule has 0 spiro atoms.